The molecule has 0 fully saturated rings. The molecule has 0 saturated carbocycles. The quantitative estimate of drug-likeness (QED) is 0.592. The van der Waals surface area contributed by atoms with Crippen LogP contribution in [0.2, 0.25) is 0 Å². The lowest BCUT2D eigenvalue weighted by Gasteiger charge is -2.25. The number of rotatable bonds is 9. The van der Waals surface area contributed by atoms with E-state index in [1.165, 1.54) is 0 Å². The Kier molecular flexibility index (Phi) is 6.86. The maximum absolute atomic E-state index is 10.9. The van der Waals surface area contributed by atoms with Crippen LogP contribution in [0.1, 0.15) is 66.2 Å². The fourth-order valence-corrected chi connectivity index (χ4v) is 1.96. The summed E-state index contributed by atoms with van der Waals surface area (Å²) < 4.78 is 0. The Bertz CT molecular complexity index is 256. The fourth-order valence-electron chi connectivity index (χ4n) is 1.96. The second kappa shape index (κ2) is 7.10. The topological polar surface area (TPSA) is 83.6 Å². The van der Waals surface area contributed by atoms with E-state index in [4.69, 9.17) is 5.73 Å². The summed E-state index contributed by atoms with van der Waals surface area (Å²) in [4.78, 5) is 10.9. The molecule has 0 aliphatic rings. The van der Waals surface area contributed by atoms with Crippen molar-refractivity contribution in [2.75, 3.05) is 0 Å². The summed E-state index contributed by atoms with van der Waals surface area (Å²) in [5.74, 6) is -0.408. The number of carbonyl (C=O) groups excluding carboxylic acids is 1. The van der Waals surface area contributed by atoms with Crippen LogP contribution in [0.5, 0.6) is 0 Å². The first-order chi connectivity index (χ1) is 8.03. The van der Waals surface area contributed by atoms with Crippen LogP contribution in [0.4, 0.5) is 0 Å². The molecule has 4 N–H and O–H groups in total. The van der Waals surface area contributed by atoms with Crippen LogP contribution in [-0.2, 0) is 4.79 Å². The largest absolute Gasteiger partial charge is 0.390 e. The average molecular weight is 259 g/mol. The van der Waals surface area contributed by atoms with Gasteiger partial charge in [0.15, 0.2) is 0 Å². The van der Waals surface area contributed by atoms with Gasteiger partial charge in [-0.25, -0.2) is 0 Å². The van der Waals surface area contributed by atoms with Crippen molar-refractivity contribution in [2.24, 2.45) is 11.7 Å². The van der Waals surface area contributed by atoms with Crippen molar-refractivity contribution in [3.63, 3.8) is 0 Å². The van der Waals surface area contributed by atoms with Crippen LogP contribution in [-0.4, -0.2) is 27.3 Å². The first kappa shape index (κ1) is 17.4. The van der Waals surface area contributed by atoms with Crippen molar-refractivity contribution in [3.8, 4) is 0 Å². The highest BCUT2D eigenvalue weighted by Gasteiger charge is 2.22. The minimum Gasteiger partial charge on any atom is -0.390 e. The summed E-state index contributed by atoms with van der Waals surface area (Å²) in [5, 5.41) is 19.8. The number of carbonyl (C=O) groups is 1. The third kappa shape index (κ3) is 9.42. The third-order valence-electron chi connectivity index (χ3n) is 3.34. The molecule has 0 aromatic rings. The van der Waals surface area contributed by atoms with Gasteiger partial charge >= 0.3 is 0 Å². The highest BCUT2D eigenvalue weighted by Crippen LogP contribution is 2.24. The van der Waals surface area contributed by atoms with Crippen molar-refractivity contribution in [1.29, 1.82) is 0 Å². The van der Waals surface area contributed by atoms with Gasteiger partial charge in [0.05, 0.1) is 11.2 Å². The Balaban J connectivity index is 3.83. The molecule has 0 aromatic heterocycles. The van der Waals surface area contributed by atoms with E-state index in [2.05, 4.69) is 0 Å². The molecule has 0 aliphatic heterocycles. The van der Waals surface area contributed by atoms with Crippen LogP contribution in [0.25, 0.3) is 0 Å². The van der Waals surface area contributed by atoms with Crippen LogP contribution >= 0.6 is 0 Å². The minimum atomic E-state index is -0.720. The molecule has 4 nitrogen and oxygen atoms in total. The molecule has 0 bridgehead atoms. The number of amides is 1. The van der Waals surface area contributed by atoms with E-state index in [9.17, 15) is 15.0 Å². The van der Waals surface area contributed by atoms with Crippen LogP contribution in [0, 0.1) is 5.92 Å². The number of primary amides is 1. The smallest absolute Gasteiger partial charge is 0.220 e. The average Bonchev–Trinajstić information content (AvgIpc) is 2.14. The van der Waals surface area contributed by atoms with Gasteiger partial charge in [0.25, 0.3) is 0 Å². The molecular weight excluding hydrogens is 230 g/mol. The van der Waals surface area contributed by atoms with E-state index >= 15 is 0 Å². The second-order valence-electron chi connectivity index (χ2n) is 6.36. The summed E-state index contributed by atoms with van der Waals surface area (Å²) in [7, 11) is 0. The number of nitrogens with two attached hydrogens (primary N) is 1. The minimum absolute atomic E-state index is 0.128. The molecule has 0 rings (SSSR count). The lowest BCUT2D eigenvalue weighted by molar-refractivity contribution is -0.121. The third-order valence-corrected chi connectivity index (χ3v) is 3.34. The SMILES string of the molecule is CC(CCCC(C)(O)CCCC(C)(C)O)C(N)=O. The Labute approximate surface area is 111 Å². The molecule has 2 unspecified atom stereocenters. The number of hydrogen-bond donors (Lipinski definition) is 3. The van der Waals surface area contributed by atoms with E-state index in [0.29, 0.717) is 19.3 Å². The van der Waals surface area contributed by atoms with Crippen molar-refractivity contribution in [2.45, 2.75) is 77.4 Å². The zero-order chi connectivity index (χ0) is 14.4. The molecule has 0 aliphatic carbocycles. The molecular formula is C14H29NO3. The molecule has 18 heavy (non-hydrogen) atoms. The normalized spacial score (nSPS) is 17.2. The van der Waals surface area contributed by atoms with Crippen molar-refractivity contribution >= 4 is 5.91 Å². The Morgan fingerprint density at radius 3 is 2.06 bits per heavy atom. The first-order valence-corrected chi connectivity index (χ1v) is 6.77. The molecule has 0 saturated heterocycles. The van der Waals surface area contributed by atoms with Gasteiger partial charge in [0.2, 0.25) is 5.91 Å². The second-order valence-corrected chi connectivity index (χ2v) is 6.36. The van der Waals surface area contributed by atoms with E-state index in [-0.39, 0.29) is 11.8 Å². The molecule has 108 valence electrons. The van der Waals surface area contributed by atoms with Crippen molar-refractivity contribution < 1.29 is 15.0 Å². The lowest BCUT2D eigenvalue weighted by Crippen LogP contribution is -2.27. The summed E-state index contributed by atoms with van der Waals surface area (Å²) >= 11 is 0. The summed E-state index contributed by atoms with van der Waals surface area (Å²) in [6, 6.07) is 0. The molecule has 0 heterocycles. The maximum atomic E-state index is 10.9. The van der Waals surface area contributed by atoms with Gasteiger partial charge in [-0.2, -0.15) is 0 Å². The number of aliphatic hydroxyl groups is 2. The fraction of sp³-hybridized carbons (Fsp3) is 0.929. The Morgan fingerprint density at radius 2 is 1.61 bits per heavy atom. The molecule has 4 heteroatoms. The Morgan fingerprint density at radius 1 is 1.11 bits per heavy atom. The summed E-state index contributed by atoms with van der Waals surface area (Å²) in [6.45, 7) is 7.17. The summed E-state index contributed by atoms with van der Waals surface area (Å²) in [6.07, 6.45) is 4.32. The van der Waals surface area contributed by atoms with Gasteiger partial charge < -0.3 is 15.9 Å². The van der Waals surface area contributed by atoms with E-state index < -0.39 is 11.2 Å². The lowest BCUT2D eigenvalue weighted by atomic mass is 9.89. The van der Waals surface area contributed by atoms with E-state index in [0.717, 1.165) is 19.3 Å². The van der Waals surface area contributed by atoms with Crippen LogP contribution in [0.3, 0.4) is 0 Å². The van der Waals surface area contributed by atoms with Crippen molar-refractivity contribution in [1.82, 2.24) is 0 Å². The highest BCUT2D eigenvalue weighted by atomic mass is 16.3. The number of hydrogen-bond acceptors (Lipinski definition) is 3. The van der Waals surface area contributed by atoms with Gasteiger partial charge in [0, 0.05) is 5.92 Å². The molecule has 0 spiro atoms. The van der Waals surface area contributed by atoms with Gasteiger partial charge in [-0.05, 0) is 59.3 Å². The van der Waals surface area contributed by atoms with Gasteiger partial charge in [-0.15, -0.1) is 0 Å². The predicted molar refractivity (Wildman–Crippen MR) is 73.0 cm³/mol. The first-order valence-electron chi connectivity index (χ1n) is 6.77. The van der Waals surface area contributed by atoms with Crippen LogP contribution in [0.15, 0.2) is 0 Å². The standard InChI is InChI=1S/C14H29NO3/c1-11(12(15)16)7-5-9-14(4,18)10-6-8-13(2,3)17/h11,17-18H,5-10H2,1-4H3,(H2,15,16). The van der Waals surface area contributed by atoms with E-state index in [1.54, 1.807) is 13.8 Å². The molecule has 2 atom stereocenters. The van der Waals surface area contributed by atoms with Gasteiger partial charge in [-0.3, -0.25) is 4.79 Å². The van der Waals surface area contributed by atoms with Gasteiger partial charge in [0.1, 0.15) is 0 Å². The maximum Gasteiger partial charge on any atom is 0.220 e. The molecule has 0 aromatic carbocycles. The molecule has 0 radical (unpaired) electrons. The molecule has 1 amide bonds. The monoisotopic (exact) mass is 259 g/mol. The highest BCUT2D eigenvalue weighted by molar-refractivity contribution is 5.76. The van der Waals surface area contributed by atoms with E-state index in [1.807, 2.05) is 13.8 Å². The van der Waals surface area contributed by atoms with Crippen LogP contribution < -0.4 is 5.73 Å². The predicted octanol–water partition coefficient (Wildman–Crippen LogP) is 1.97. The zero-order valence-electron chi connectivity index (χ0n) is 12.2. The zero-order valence-corrected chi connectivity index (χ0v) is 12.2. The van der Waals surface area contributed by atoms with Crippen molar-refractivity contribution in [3.05, 3.63) is 0 Å². The summed E-state index contributed by atoms with van der Waals surface area (Å²) in [5.41, 5.74) is 3.79. The Hall–Kier alpha value is -0.610. The van der Waals surface area contributed by atoms with Gasteiger partial charge in [-0.1, -0.05) is 6.92 Å².